The number of fused-ring (bicyclic) bond motifs is 1. The van der Waals surface area contributed by atoms with Crippen LogP contribution in [-0.2, 0) is 16.0 Å². The largest absolute Gasteiger partial charge is 0.361 e. The zero-order valence-electron chi connectivity index (χ0n) is 14.9. The Morgan fingerprint density at radius 3 is 2.88 bits per heavy atom. The van der Waals surface area contributed by atoms with Gasteiger partial charge in [-0.1, -0.05) is 23.4 Å². The number of anilines is 1. The Morgan fingerprint density at radius 2 is 2.12 bits per heavy atom. The van der Waals surface area contributed by atoms with E-state index in [9.17, 15) is 9.59 Å². The van der Waals surface area contributed by atoms with Crippen molar-refractivity contribution in [2.45, 2.75) is 26.2 Å². The van der Waals surface area contributed by atoms with Gasteiger partial charge in [-0.25, -0.2) is 0 Å². The number of H-pyrrole nitrogens is 1. The monoisotopic (exact) mass is 354 g/mol. The number of nitrogens with one attached hydrogen (secondary N) is 2. The fraction of sp³-hybridized carbons (Fsp3) is 0.316. The summed E-state index contributed by atoms with van der Waals surface area (Å²) in [4.78, 5) is 28.9. The molecule has 26 heavy (non-hydrogen) atoms. The van der Waals surface area contributed by atoms with Gasteiger partial charge in [-0.2, -0.15) is 0 Å². The number of hydrogen-bond donors (Lipinski definition) is 2. The minimum absolute atomic E-state index is 0.0160. The van der Waals surface area contributed by atoms with Crippen LogP contribution in [0.25, 0.3) is 10.9 Å². The standard InChI is InChI=1S/C19H22N4O3/c1-13-10-17(22-26-13)21-18(24)12-23(2)19(25)9-5-6-14-11-20-16-8-4-3-7-15(14)16/h3-4,7-8,10-11,20H,5-6,9,12H2,1-2H3,(H,21,22,24). The summed E-state index contributed by atoms with van der Waals surface area (Å²) in [6.07, 6.45) is 3.93. The van der Waals surface area contributed by atoms with Crippen LogP contribution in [0.3, 0.4) is 0 Å². The summed E-state index contributed by atoms with van der Waals surface area (Å²) in [5.41, 5.74) is 2.31. The smallest absolute Gasteiger partial charge is 0.245 e. The summed E-state index contributed by atoms with van der Waals surface area (Å²) in [5.74, 6) is 0.608. The van der Waals surface area contributed by atoms with Crippen LogP contribution < -0.4 is 5.32 Å². The molecule has 0 fully saturated rings. The van der Waals surface area contributed by atoms with Crippen molar-refractivity contribution >= 4 is 28.5 Å². The average Bonchev–Trinajstić information content (AvgIpc) is 3.21. The number of aromatic amines is 1. The summed E-state index contributed by atoms with van der Waals surface area (Å²) >= 11 is 0. The molecular weight excluding hydrogens is 332 g/mol. The van der Waals surface area contributed by atoms with Gasteiger partial charge in [0.15, 0.2) is 5.82 Å². The second kappa shape index (κ2) is 7.86. The van der Waals surface area contributed by atoms with Crippen molar-refractivity contribution in [3.8, 4) is 0 Å². The quantitative estimate of drug-likeness (QED) is 0.682. The molecular formula is C19H22N4O3. The Bertz CT molecular complexity index is 912. The van der Waals surface area contributed by atoms with E-state index in [4.69, 9.17) is 4.52 Å². The van der Waals surface area contributed by atoms with Gasteiger partial charge in [-0.3, -0.25) is 9.59 Å². The number of para-hydroxylation sites is 1. The van der Waals surface area contributed by atoms with Gasteiger partial charge in [0, 0.05) is 36.6 Å². The van der Waals surface area contributed by atoms with Crippen molar-refractivity contribution in [3.63, 3.8) is 0 Å². The fourth-order valence-electron chi connectivity index (χ4n) is 2.87. The molecule has 0 aliphatic rings. The molecule has 0 atom stereocenters. The summed E-state index contributed by atoms with van der Waals surface area (Å²) in [6, 6.07) is 9.73. The van der Waals surface area contributed by atoms with Gasteiger partial charge in [0.05, 0.1) is 6.54 Å². The third-order valence-corrected chi connectivity index (χ3v) is 4.21. The first-order valence-corrected chi connectivity index (χ1v) is 8.55. The molecule has 0 spiro atoms. The molecule has 7 nitrogen and oxygen atoms in total. The lowest BCUT2D eigenvalue weighted by molar-refractivity contribution is -0.133. The predicted octanol–water partition coefficient (Wildman–Crippen LogP) is 2.88. The highest BCUT2D eigenvalue weighted by Crippen LogP contribution is 2.19. The molecule has 7 heteroatoms. The molecule has 2 N–H and O–H groups in total. The van der Waals surface area contributed by atoms with Gasteiger partial charge in [0.1, 0.15) is 5.76 Å². The fourth-order valence-corrected chi connectivity index (χ4v) is 2.87. The third-order valence-electron chi connectivity index (χ3n) is 4.21. The van der Waals surface area contributed by atoms with E-state index in [0.29, 0.717) is 18.0 Å². The highest BCUT2D eigenvalue weighted by molar-refractivity contribution is 5.93. The Morgan fingerprint density at radius 1 is 1.31 bits per heavy atom. The first kappa shape index (κ1) is 17.7. The molecule has 2 aromatic heterocycles. The van der Waals surface area contributed by atoms with Gasteiger partial charge in [0.25, 0.3) is 0 Å². The second-order valence-electron chi connectivity index (χ2n) is 6.33. The number of nitrogens with zero attached hydrogens (tertiary/aromatic N) is 2. The lowest BCUT2D eigenvalue weighted by atomic mass is 10.1. The molecule has 136 valence electrons. The van der Waals surface area contributed by atoms with Gasteiger partial charge >= 0.3 is 0 Å². The van der Waals surface area contributed by atoms with Crippen LogP contribution in [0.1, 0.15) is 24.2 Å². The number of carbonyl (C=O) groups is 2. The van der Waals surface area contributed by atoms with Crippen LogP contribution in [-0.4, -0.2) is 40.4 Å². The van der Waals surface area contributed by atoms with Gasteiger partial charge in [-0.05, 0) is 31.4 Å². The highest BCUT2D eigenvalue weighted by atomic mass is 16.5. The summed E-state index contributed by atoms with van der Waals surface area (Å²) in [6.45, 7) is 1.73. The number of aryl methyl sites for hydroxylation is 2. The highest BCUT2D eigenvalue weighted by Gasteiger charge is 2.14. The molecule has 0 saturated heterocycles. The van der Waals surface area contributed by atoms with Crippen LogP contribution in [0.15, 0.2) is 41.1 Å². The number of carbonyl (C=O) groups excluding carboxylic acids is 2. The molecule has 0 unspecified atom stereocenters. The number of likely N-dealkylation sites (N-methyl/N-ethyl adjacent to an activating group) is 1. The Labute approximate surface area is 151 Å². The zero-order chi connectivity index (χ0) is 18.5. The van der Waals surface area contributed by atoms with Crippen LogP contribution in [0.4, 0.5) is 5.82 Å². The van der Waals surface area contributed by atoms with Crippen molar-refractivity contribution in [1.82, 2.24) is 15.0 Å². The number of amides is 2. The SMILES string of the molecule is Cc1cc(NC(=O)CN(C)C(=O)CCCc2c[nH]c3ccccc23)no1. The minimum Gasteiger partial charge on any atom is -0.361 e. The van der Waals surface area contributed by atoms with Crippen molar-refractivity contribution in [2.24, 2.45) is 0 Å². The lowest BCUT2D eigenvalue weighted by Gasteiger charge is -2.16. The number of rotatable bonds is 7. The topological polar surface area (TPSA) is 91.2 Å². The number of aromatic nitrogens is 2. The van der Waals surface area contributed by atoms with Crippen LogP contribution in [0, 0.1) is 6.92 Å². The van der Waals surface area contributed by atoms with Crippen molar-refractivity contribution in [2.75, 3.05) is 18.9 Å². The molecule has 0 aliphatic heterocycles. The maximum atomic E-state index is 12.2. The minimum atomic E-state index is -0.300. The molecule has 2 heterocycles. The van der Waals surface area contributed by atoms with E-state index in [-0.39, 0.29) is 18.4 Å². The molecule has 1 aromatic carbocycles. The van der Waals surface area contributed by atoms with Crippen LogP contribution in [0.2, 0.25) is 0 Å². The maximum absolute atomic E-state index is 12.2. The molecule has 3 rings (SSSR count). The van der Waals surface area contributed by atoms with E-state index in [1.807, 2.05) is 24.4 Å². The first-order valence-electron chi connectivity index (χ1n) is 8.55. The zero-order valence-corrected chi connectivity index (χ0v) is 14.9. The van der Waals surface area contributed by atoms with E-state index in [0.717, 1.165) is 18.4 Å². The number of benzene rings is 1. The molecule has 2 amide bonds. The second-order valence-corrected chi connectivity index (χ2v) is 6.33. The molecule has 3 aromatic rings. The van der Waals surface area contributed by atoms with Crippen molar-refractivity contribution < 1.29 is 14.1 Å². The van der Waals surface area contributed by atoms with E-state index in [1.165, 1.54) is 15.8 Å². The van der Waals surface area contributed by atoms with Gasteiger partial charge in [-0.15, -0.1) is 0 Å². The van der Waals surface area contributed by atoms with E-state index < -0.39 is 0 Å². The van der Waals surface area contributed by atoms with Gasteiger partial charge in [0.2, 0.25) is 11.8 Å². The Balaban J connectivity index is 1.44. The van der Waals surface area contributed by atoms with Gasteiger partial charge < -0.3 is 19.7 Å². The maximum Gasteiger partial charge on any atom is 0.245 e. The Hall–Kier alpha value is -3.09. The average molecular weight is 354 g/mol. The van der Waals surface area contributed by atoms with Crippen LogP contribution >= 0.6 is 0 Å². The normalized spacial score (nSPS) is 10.8. The first-order chi connectivity index (χ1) is 12.5. The van der Waals surface area contributed by atoms with Crippen molar-refractivity contribution in [3.05, 3.63) is 47.9 Å². The van der Waals surface area contributed by atoms with E-state index >= 15 is 0 Å². The summed E-state index contributed by atoms with van der Waals surface area (Å²) < 4.78 is 4.89. The Kier molecular flexibility index (Phi) is 5.36. The van der Waals surface area contributed by atoms with E-state index in [1.54, 1.807) is 20.0 Å². The molecule has 0 bridgehead atoms. The number of hydrogen-bond acceptors (Lipinski definition) is 4. The lowest BCUT2D eigenvalue weighted by Crippen LogP contribution is -2.34. The molecule has 0 aliphatic carbocycles. The molecule has 0 radical (unpaired) electrons. The third kappa shape index (κ3) is 4.30. The van der Waals surface area contributed by atoms with Crippen molar-refractivity contribution in [1.29, 1.82) is 0 Å². The summed E-state index contributed by atoms with van der Waals surface area (Å²) in [7, 11) is 1.63. The van der Waals surface area contributed by atoms with Crippen LogP contribution in [0.5, 0.6) is 0 Å². The molecule has 0 saturated carbocycles. The predicted molar refractivity (Wildman–Crippen MR) is 98.7 cm³/mol. The summed E-state index contributed by atoms with van der Waals surface area (Å²) in [5, 5.41) is 7.49. The van der Waals surface area contributed by atoms with E-state index in [2.05, 4.69) is 21.5 Å².